The summed E-state index contributed by atoms with van der Waals surface area (Å²) in [7, 11) is 0. The van der Waals surface area contributed by atoms with Crippen molar-refractivity contribution in [1.29, 1.82) is 0 Å². The monoisotopic (exact) mass is 279 g/mol. The van der Waals surface area contributed by atoms with Crippen LogP contribution in [0.5, 0.6) is 5.75 Å². The van der Waals surface area contributed by atoms with Gasteiger partial charge in [0.15, 0.2) is 0 Å². The van der Waals surface area contributed by atoms with Crippen molar-refractivity contribution < 1.29 is 14.3 Å². The summed E-state index contributed by atoms with van der Waals surface area (Å²) in [5.41, 5.74) is 1.23. The number of ether oxygens (including phenoxy) is 1. The number of unbranched alkanes of at least 4 members (excludes halogenated alkanes) is 1. The number of amides is 1. The second kappa shape index (κ2) is 10.0. The van der Waals surface area contributed by atoms with Gasteiger partial charge in [-0.05, 0) is 25.5 Å². The average molecular weight is 279 g/mol. The van der Waals surface area contributed by atoms with Crippen molar-refractivity contribution in [2.75, 3.05) is 6.54 Å². The fraction of sp³-hybridized carbons (Fsp3) is 0.500. The van der Waals surface area contributed by atoms with Crippen molar-refractivity contribution in [2.45, 2.75) is 47.5 Å². The van der Waals surface area contributed by atoms with E-state index in [1.54, 1.807) is 25.1 Å². The number of hydrogen-bond acceptors (Lipinski definition) is 3. The topological polar surface area (TPSA) is 55.4 Å². The van der Waals surface area contributed by atoms with Gasteiger partial charge >= 0.3 is 5.97 Å². The van der Waals surface area contributed by atoms with Gasteiger partial charge in [-0.1, -0.05) is 33.3 Å². The van der Waals surface area contributed by atoms with Crippen LogP contribution in [0.3, 0.4) is 0 Å². The number of carbonyl (C=O) groups is 2. The second-order valence-corrected chi connectivity index (χ2v) is 4.13. The molecule has 0 fully saturated rings. The number of carbonyl (C=O) groups excluding carboxylic acids is 2. The van der Waals surface area contributed by atoms with Crippen LogP contribution in [0.15, 0.2) is 18.2 Å². The van der Waals surface area contributed by atoms with E-state index in [0.717, 1.165) is 12.8 Å². The van der Waals surface area contributed by atoms with Crippen molar-refractivity contribution in [3.8, 4) is 5.75 Å². The zero-order chi connectivity index (χ0) is 15.5. The van der Waals surface area contributed by atoms with Gasteiger partial charge in [0.25, 0.3) is 5.91 Å². The predicted octanol–water partition coefficient (Wildman–Crippen LogP) is 3.48. The fourth-order valence-corrected chi connectivity index (χ4v) is 1.60. The van der Waals surface area contributed by atoms with Gasteiger partial charge in [0.1, 0.15) is 5.75 Å². The van der Waals surface area contributed by atoms with E-state index in [4.69, 9.17) is 4.74 Å². The highest BCUT2D eigenvalue weighted by molar-refractivity contribution is 5.96. The minimum absolute atomic E-state index is 0.130. The lowest BCUT2D eigenvalue weighted by Crippen LogP contribution is -2.25. The highest BCUT2D eigenvalue weighted by Gasteiger charge is 2.12. The third-order valence-corrected chi connectivity index (χ3v) is 2.60. The van der Waals surface area contributed by atoms with Gasteiger partial charge in [0, 0.05) is 24.6 Å². The molecule has 0 spiro atoms. The molecule has 0 aliphatic heterocycles. The van der Waals surface area contributed by atoms with E-state index in [2.05, 4.69) is 12.2 Å². The van der Waals surface area contributed by atoms with E-state index in [1.807, 2.05) is 13.8 Å². The SMILES string of the molecule is CC.CCCCNC(=O)c1cccc(OC(C)=O)c1C. The fourth-order valence-electron chi connectivity index (χ4n) is 1.60. The molecule has 0 radical (unpaired) electrons. The van der Waals surface area contributed by atoms with E-state index in [9.17, 15) is 9.59 Å². The summed E-state index contributed by atoms with van der Waals surface area (Å²) in [5.74, 6) is -0.0813. The van der Waals surface area contributed by atoms with Crippen LogP contribution >= 0.6 is 0 Å². The molecule has 0 bridgehead atoms. The number of rotatable bonds is 5. The van der Waals surface area contributed by atoms with E-state index < -0.39 is 0 Å². The van der Waals surface area contributed by atoms with Crippen LogP contribution < -0.4 is 10.1 Å². The Bertz CT molecular complexity index is 441. The molecule has 0 aromatic heterocycles. The maximum absolute atomic E-state index is 11.9. The quantitative estimate of drug-likeness (QED) is 0.510. The molecular formula is C16H25NO3. The number of nitrogens with one attached hydrogen (secondary N) is 1. The third kappa shape index (κ3) is 5.87. The summed E-state index contributed by atoms with van der Waals surface area (Å²) in [6.07, 6.45) is 1.99. The van der Waals surface area contributed by atoms with Gasteiger partial charge in [-0.2, -0.15) is 0 Å². The second-order valence-electron chi connectivity index (χ2n) is 4.13. The molecular weight excluding hydrogens is 254 g/mol. The molecule has 1 aromatic carbocycles. The Morgan fingerprint density at radius 3 is 2.45 bits per heavy atom. The summed E-state index contributed by atoms with van der Waals surface area (Å²) >= 11 is 0. The molecule has 0 aliphatic carbocycles. The molecule has 1 aromatic rings. The van der Waals surface area contributed by atoms with Gasteiger partial charge in [-0.25, -0.2) is 0 Å². The molecule has 20 heavy (non-hydrogen) atoms. The summed E-state index contributed by atoms with van der Waals surface area (Å²) in [6.45, 7) is 9.84. The van der Waals surface area contributed by atoms with Crippen LogP contribution in [0.25, 0.3) is 0 Å². The lowest BCUT2D eigenvalue weighted by atomic mass is 10.1. The molecule has 0 aliphatic rings. The van der Waals surface area contributed by atoms with Gasteiger partial charge in [-0.3, -0.25) is 9.59 Å². The van der Waals surface area contributed by atoms with E-state index in [-0.39, 0.29) is 11.9 Å². The molecule has 0 saturated heterocycles. The highest BCUT2D eigenvalue weighted by atomic mass is 16.5. The van der Waals surface area contributed by atoms with Crippen LogP contribution in [0.1, 0.15) is 56.5 Å². The minimum atomic E-state index is -0.387. The Morgan fingerprint density at radius 2 is 1.90 bits per heavy atom. The Balaban J connectivity index is 0.00000172. The van der Waals surface area contributed by atoms with Crippen molar-refractivity contribution in [2.24, 2.45) is 0 Å². The van der Waals surface area contributed by atoms with Gasteiger partial charge in [-0.15, -0.1) is 0 Å². The molecule has 0 unspecified atom stereocenters. The Labute approximate surface area is 121 Å². The zero-order valence-corrected chi connectivity index (χ0v) is 13.1. The lowest BCUT2D eigenvalue weighted by molar-refractivity contribution is -0.131. The lowest BCUT2D eigenvalue weighted by Gasteiger charge is -2.10. The molecule has 1 N–H and O–H groups in total. The summed E-state index contributed by atoms with van der Waals surface area (Å²) in [6, 6.07) is 5.11. The maximum atomic E-state index is 11.9. The highest BCUT2D eigenvalue weighted by Crippen LogP contribution is 2.21. The van der Waals surface area contributed by atoms with E-state index >= 15 is 0 Å². The smallest absolute Gasteiger partial charge is 0.308 e. The largest absolute Gasteiger partial charge is 0.426 e. The number of esters is 1. The molecule has 0 heterocycles. The molecule has 1 rings (SSSR count). The van der Waals surface area contributed by atoms with Crippen LogP contribution in [-0.2, 0) is 4.79 Å². The van der Waals surface area contributed by atoms with Crippen molar-refractivity contribution in [3.05, 3.63) is 29.3 Å². The first kappa shape index (κ1) is 18.2. The number of hydrogen-bond donors (Lipinski definition) is 1. The summed E-state index contributed by atoms with van der Waals surface area (Å²) < 4.78 is 5.04. The van der Waals surface area contributed by atoms with Gasteiger partial charge < -0.3 is 10.1 Å². The van der Waals surface area contributed by atoms with E-state index in [0.29, 0.717) is 23.4 Å². The first-order valence-electron chi connectivity index (χ1n) is 7.12. The molecule has 0 atom stereocenters. The van der Waals surface area contributed by atoms with Crippen molar-refractivity contribution in [3.63, 3.8) is 0 Å². The number of benzene rings is 1. The van der Waals surface area contributed by atoms with Gasteiger partial charge in [0.2, 0.25) is 0 Å². The normalized spacial score (nSPS) is 9.25. The Morgan fingerprint density at radius 1 is 1.25 bits per heavy atom. The molecule has 4 heteroatoms. The standard InChI is InChI=1S/C14H19NO3.C2H6/c1-4-5-9-15-14(17)12-7-6-8-13(10(12)2)18-11(3)16;1-2/h6-8H,4-5,9H2,1-3H3,(H,15,17);1-2H3. The van der Waals surface area contributed by atoms with Crippen LogP contribution in [0.2, 0.25) is 0 Å². The zero-order valence-electron chi connectivity index (χ0n) is 13.1. The molecule has 0 saturated carbocycles. The first-order valence-corrected chi connectivity index (χ1v) is 7.12. The molecule has 4 nitrogen and oxygen atoms in total. The van der Waals surface area contributed by atoms with Gasteiger partial charge in [0.05, 0.1) is 0 Å². The maximum Gasteiger partial charge on any atom is 0.308 e. The summed E-state index contributed by atoms with van der Waals surface area (Å²) in [5, 5.41) is 2.84. The first-order chi connectivity index (χ1) is 9.56. The predicted molar refractivity (Wildman–Crippen MR) is 81.1 cm³/mol. The Kier molecular flexibility index (Phi) is 9.09. The van der Waals surface area contributed by atoms with E-state index in [1.165, 1.54) is 6.92 Å². The molecule has 1 amide bonds. The van der Waals surface area contributed by atoms with Crippen molar-refractivity contribution in [1.82, 2.24) is 5.32 Å². The minimum Gasteiger partial charge on any atom is -0.426 e. The Hall–Kier alpha value is -1.84. The average Bonchev–Trinajstić information content (AvgIpc) is 2.43. The van der Waals surface area contributed by atoms with Crippen LogP contribution in [0, 0.1) is 6.92 Å². The van der Waals surface area contributed by atoms with Crippen LogP contribution in [0.4, 0.5) is 0 Å². The summed E-state index contributed by atoms with van der Waals surface area (Å²) in [4.78, 5) is 22.9. The van der Waals surface area contributed by atoms with Crippen molar-refractivity contribution >= 4 is 11.9 Å². The van der Waals surface area contributed by atoms with Crippen LogP contribution in [-0.4, -0.2) is 18.4 Å². The molecule has 112 valence electrons. The third-order valence-electron chi connectivity index (χ3n) is 2.60.